The van der Waals surface area contributed by atoms with E-state index in [2.05, 4.69) is 11.6 Å². The molecule has 9 nitrogen and oxygen atoms in total. The van der Waals surface area contributed by atoms with Gasteiger partial charge in [0, 0.05) is 10.6 Å². The molecular formula is C36H33ClN2O7S. The number of allylic oxidation sites excluding steroid dienone is 2. The molecule has 0 radical (unpaired) electrons. The van der Waals surface area contributed by atoms with Crippen molar-refractivity contribution in [2.75, 3.05) is 20.0 Å². The molecule has 0 saturated heterocycles. The van der Waals surface area contributed by atoms with E-state index in [-0.39, 0.29) is 19.0 Å². The molecule has 1 atom stereocenters. The Labute approximate surface area is 280 Å². The van der Waals surface area contributed by atoms with Crippen LogP contribution in [0.5, 0.6) is 23.0 Å². The molecule has 0 spiro atoms. The van der Waals surface area contributed by atoms with E-state index in [4.69, 9.17) is 35.3 Å². The van der Waals surface area contributed by atoms with E-state index in [1.54, 1.807) is 36.6 Å². The van der Waals surface area contributed by atoms with Crippen LogP contribution >= 0.6 is 22.9 Å². The number of esters is 1. The normalized spacial score (nSPS) is 15.2. The van der Waals surface area contributed by atoms with E-state index in [0.717, 1.165) is 16.7 Å². The highest BCUT2D eigenvalue weighted by molar-refractivity contribution is 7.07. The van der Waals surface area contributed by atoms with Gasteiger partial charge in [0.1, 0.15) is 6.61 Å². The van der Waals surface area contributed by atoms with E-state index >= 15 is 0 Å². The summed E-state index contributed by atoms with van der Waals surface area (Å²) < 4.78 is 30.8. The summed E-state index contributed by atoms with van der Waals surface area (Å²) in [7, 11) is 0. The Kier molecular flexibility index (Phi) is 9.51. The average molecular weight is 673 g/mol. The van der Waals surface area contributed by atoms with Gasteiger partial charge in [-0.05, 0) is 86.4 Å². The zero-order valence-corrected chi connectivity index (χ0v) is 27.8. The maximum Gasteiger partial charge on any atom is 0.338 e. The molecule has 0 N–H and O–H groups in total. The molecule has 0 fully saturated rings. The van der Waals surface area contributed by atoms with Crippen LogP contribution < -0.4 is 33.8 Å². The van der Waals surface area contributed by atoms with E-state index < -0.39 is 12.0 Å². The number of carbonyl (C=O) groups is 1. The molecule has 47 heavy (non-hydrogen) atoms. The SMILES string of the molecule is C=CCc1cc(/C=c2/sc3n(c2=O)[C@H](c2ccc4c(c2)OCO4)C(C(=O)OCC)=C(C)N=3)cc(OCC)c1OCc1ccc(Cl)cc1. The number of aromatic nitrogens is 1. The molecular weight excluding hydrogens is 640 g/mol. The van der Waals surface area contributed by atoms with Gasteiger partial charge in [0.05, 0.1) is 35.1 Å². The van der Waals surface area contributed by atoms with Gasteiger partial charge in [0.25, 0.3) is 5.56 Å². The number of hydrogen-bond acceptors (Lipinski definition) is 9. The minimum Gasteiger partial charge on any atom is -0.490 e. The number of ether oxygens (including phenoxy) is 5. The third kappa shape index (κ3) is 6.57. The Bertz CT molecular complexity index is 2060. The molecule has 2 aliphatic heterocycles. The van der Waals surface area contributed by atoms with Gasteiger partial charge in [0.15, 0.2) is 27.8 Å². The number of rotatable bonds is 11. The fraction of sp³-hybridized carbons (Fsp3) is 0.250. The predicted molar refractivity (Wildman–Crippen MR) is 180 cm³/mol. The number of hydrogen-bond donors (Lipinski definition) is 0. The van der Waals surface area contributed by atoms with Gasteiger partial charge in [-0.15, -0.1) is 6.58 Å². The van der Waals surface area contributed by atoms with Gasteiger partial charge in [-0.2, -0.15) is 0 Å². The largest absolute Gasteiger partial charge is 0.490 e. The van der Waals surface area contributed by atoms with Gasteiger partial charge < -0.3 is 23.7 Å². The van der Waals surface area contributed by atoms with Crippen LogP contribution in [0, 0.1) is 0 Å². The van der Waals surface area contributed by atoms with Crippen molar-refractivity contribution < 1.29 is 28.5 Å². The van der Waals surface area contributed by atoms with Crippen LogP contribution in [0.15, 0.2) is 88.3 Å². The summed E-state index contributed by atoms with van der Waals surface area (Å²) >= 11 is 7.30. The first-order chi connectivity index (χ1) is 22.8. The summed E-state index contributed by atoms with van der Waals surface area (Å²) in [5.41, 5.74) is 3.71. The van der Waals surface area contributed by atoms with Gasteiger partial charge >= 0.3 is 5.97 Å². The van der Waals surface area contributed by atoms with Gasteiger partial charge in [-0.3, -0.25) is 9.36 Å². The number of carbonyl (C=O) groups excluding carboxylic acids is 1. The van der Waals surface area contributed by atoms with Crippen LogP contribution in [-0.2, 0) is 22.6 Å². The van der Waals surface area contributed by atoms with E-state index in [1.807, 2.05) is 55.5 Å². The fourth-order valence-electron chi connectivity index (χ4n) is 5.58. The van der Waals surface area contributed by atoms with Crippen molar-refractivity contribution in [2.24, 2.45) is 4.99 Å². The lowest BCUT2D eigenvalue weighted by Crippen LogP contribution is -2.39. The summed E-state index contributed by atoms with van der Waals surface area (Å²) in [4.78, 5) is 32.6. The molecule has 4 aromatic rings. The second-order valence-corrected chi connectivity index (χ2v) is 12.2. The van der Waals surface area contributed by atoms with Crippen molar-refractivity contribution in [1.82, 2.24) is 4.57 Å². The Balaban J connectivity index is 1.45. The minimum absolute atomic E-state index is 0.101. The Morgan fingerprint density at radius 3 is 2.62 bits per heavy atom. The van der Waals surface area contributed by atoms with Gasteiger partial charge in [-0.1, -0.05) is 47.2 Å². The Morgan fingerprint density at radius 1 is 1.09 bits per heavy atom. The van der Waals surface area contributed by atoms with Crippen LogP contribution in [0.4, 0.5) is 0 Å². The predicted octanol–water partition coefficient (Wildman–Crippen LogP) is 5.89. The molecule has 0 unspecified atom stereocenters. The summed E-state index contributed by atoms with van der Waals surface area (Å²) in [5.74, 6) is 1.77. The molecule has 6 rings (SSSR count). The number of nitrogens with zero attached hydrogens (tertiary/aromatic N) is 2. The van der Waals surface area contributed by atoms with Gasteiger partial charge in [-0.25, -0.2) is 9.79 Å². The molecule has 0 saturated carbocycles. The van der Waals surface area contributed by atoms with Crippen LogP contribution in [0.3, 0.4) is 0 Å². The molecule has 3 heterocycles. The molecule has 1 aromatic heterocycles. The maximum absolute atomic E-state index is 14.2. The summed E-state index contributed by atoms with van der Waals surface area (Å²) in [5, 5.41) is 0.653. The first-order valence-corrected chi connectivity index (χ1v) is 16.4. The summed E-state index contributed by atoms with van der Waals surface area (Å²) in [6.45, 7) is 10.3. The van der Waals surface area contributed by atoms with E-state index in [9.17, 15) is 9.59 Å². The molecule has 11 heteroatoms. The highest BCUT2D eigenvalue weighted by Crippen LogP contribution is 2.38. The maximum atomic E-state index is 14.2. The lowest BCUT2D eigenvalue weighted by Gasteiger charge is -2.24. The zero-order valence-electron chi connectivity index (χ0n) is 26.2. The van der Waals surface area contributed by atoms with Crippen molar-refractivity contribution in [3.63, 3.8) is 0 Å². The third-order valence-corrected chi connectivity index (χ3v) is 8.88. The highest BCUT2D eigenvalue weighted by atomic mass is 35.5. The molecule has 242 valence electrons. The molecule has 3 aromatic carbocycles. The number of benzene rings is 3. The molecule has 0 bridgehead atoms. The molecule has 0 aliphatic carbocycles. The first-order valence-electron chi connectivity index (χ1n) is 15.2. The topological polar surface area (TPSA) is 97.6 Å². The quantitative estimate of drug-likeness (QED) is 0.145. The first kappa shape index (κ1) is 32.2. The second kappa shape index (κ2) is 13.9. The second-order valence-electron chi connectivity index (χ2n) is 10.8. The summed E-state index contributed by atoms with van der Waals surface area (Å²) in [6.07, 6.45) is 4.12. The summed E-state index contributed by atoms with van der Waals surface area (Å²) in [6, 6.07) is 15.9. The van der Waals surface area contributed by atoms with Crippen molar-refractivity contribution in [3.05, 3.63) is 125 Å². The van der Waals surface area contributed by atoms with Crippen molar-refractivity contribution in [3.8, 4) is 23.0 Å². The van der Waals surface area contributed by atoms with Crippen LogP contribution in [0.25, 0.3) is 6.08 Å². The lowest BCUT2D eigenvalue weighted by atomic mass is 9.95. The minimum atomic E-state index is -0.777. The smallest absolute Gasteiger partial charge is 0.338 e. The van der Waals surface area contributed by atoms with Crippen molar-refractivity contribution in [2.45, 2.75) is 39.8 Å². The average Bonchev–Trinajstić information content (AvgIpc) is 3.64. The van der Waals surface area contributed by atoms with Crippen LogP contribution in [-0.4, -0.2) is 30.5 Å². The van der Waals surface area contributed by atoms with Crippen molar-refractivity contribution in [1.29, 1.82) is 0 Å². The van der Waals surface area contributed by atoms with Gasteiger partial charge in [0.2, 0.25) is 6.79 Å². The number of halogens is 1. The van der Waals surface area contributed by atoms with Crippen molar-refractivity contribution >= 4 is 35.0 Å². The number of fused-ring (bicyclic) bond motifs is 2. The highest BCUT2D eigenvalue weighted by Gasteiger charge is 2.34. The van der Waals surface area contributed by atoms with E-state index in [1.165, 1.54) is 11.3 Å². The molecule has 2 aliphatic rings. The zero-order chi connectivity index (χ0) is 33.1. The molecule has 0 amide bonds. The Hall–Kier alpha value is -4.80. The monoisotopic (exact) mass is 672 g/mol. The third-order valence-electron chi connectivity index (χ3n) is 7.64. The standard InChI is InChI=1S/C36H33ClN2O7S/c1-5-8-25-15-23(16-29(42-6-2)33(25)44-19-22-9-12-26(37)13-10-22)17-30-34(40)39-32(24-11-14-27-28(18-24)46-20-45-27)31(35(41)43-7-3)21(4)38-36(39)47-30/h5,9-18,32H,1,6-8,19-20H2,2-4H3/b30-17+/t32-/m1/s1. The van der Waals surface area contributed by atoms with Crippen LogP contribution in [0.1, 0.15) is 49.1 Å². The Morgan fingerprint density at radius 2 is 1.87 bits per heavy atom. The van der Waals surface area contributed by atoms with Crippen LogP contribution in [0.2, 0.25) is 5.02 Å². The lowest BCUT2D eigenvalue weighted by molar-refractivity contribution is -0.139. The number of thiazole rings is 1. The van der Waals surface area contributed by atoms with E-state index in [0.29, 0.717) is 73.8 Å². The fourth-order valence-corrected chi connectivity index (χ4v) is 6.75.